The van der Waals surface area contributed by atoms with Gasteiger partial charge in [0, 0.05) is 18.6 Å². The van der Waals surface area contributed by atoms with Crippen molar-refractivity contribution in [1.29, 1.82) is 0 Å². The molecule has 1 aliphatic rings. The third-order valence-electron chi connectivity index (χ3n) is 2.32. The van der Waals surface area contributed by atoms with Crippen LogP contribution >= 0.6 is 0 Å². The van der Waals surface area contributed by atoms with Crippen molar-refractivity contribution in [2.75, 3.05) is 6.61 Å². The molecule has 0 amide bonds. The Bertz CT molecular complexity index is 268. The Labute approximate surface area is 88.9 Å². The Morgan fingerprint density at radius 3 is 2.67 bits per heavy atom. The van der Waals surface area contributed by atoms with E-state index in [0.717, 1.165) is 19.3 Å². The molecule has 1 heterocycles. The number of ether oxygens (including phenoxy) is 1. The first kappa shape index (κ1) is 11.9. The van der Waals surface area contributed by atoms with Crippen LogP contribution in [0, 0.1) is 0 Å². The highest BCUT2D eigenvalue weighted by Gasteiger charge is 2.17. The Kier molecular flexibility index (Phi) is 5.04. The molecule has 0 aromatic heterocycles. The quantitative estimate of drug-likeness (QED) is 0.426. The SMILES string of the molecule is O=C1CCCCCC(=CCCO)C(=O)O1. The molecular formula is C11H16O4. The summed E-state index contributed by atoms with van der Waals surface area (Å²) in [6.45, 7) is 0.00469. The monoisotopic (exact) mass is 212 g/mol. The summed E-state index contributed by atoms with van der Waals surface area (Å²) in [6.07, 6.45) is 5.63. The molecule has 1 fully saturated rings. The van der Waals surface area contributed by atoms with E-state index >= 15 is 0 Å². The maximum absolute atomic E-state index is 11.4. The van der Waals surface area contributed by atoms with E-state index in [1.807, 2.05) is 0 Å². The van der Waals surface area contributed by atoms with Gasteiger partial charge in [0.15, 0.2) is 0 Å². The van der Waals surface area contributed by atoms with Crippen LogP contribution < -0.4 is 0 Å². The van der Waals surface area contributed by atoms with Gasteiger partial charge in [0.05, 0.1) is 0 Å². The van der Waals surface area contributed by atoms with Crippen LogP contribution in [-0.2, 0) is 14.3 Å². The summed E-state index contributed by atoms with van der Waals surface area (Å²) >= 11 is 0. The Hall–Kier alpha value is -1.16. The molecule has 1 rings (SSSR count). The van der Waals surface area contributed by atoms with Gasteiger partial charge in [0.1, 0.15) is 0 Å². The number of hydrogen-bond acceptors (Lipinski definition) is 4. The third-order valence-corrected chi connectivity index (χ3v) is 2.32. The highest BCUT2D eigenvalue weighted by atomic mass is 16.6. The van der Waals surface area contributed by atoms with Crippen LogP contribution in [0.3, 0.4) is 0 Å². The van der Waals surface area contributed by atoms with Gasteiger partial charge in [0.25, 0.3) is 0 Å². The number of cyclic esters (lactones) is 2. The average molecular weight is 212 g/mol. The zero-order valence-corrected chi connectivity index (χ0v) is 8.70. The molecule has 0 spiro atoms. The van der Waals surface area contributed by atoms with Gasteiger partial charge in [0.2, 0.25) is 0 Å². The van der Waals surface area contributed by atoms with Gasteiger partial charge in [-0.3, -0.25) is 4.79 Å². The Balaban J connectivity index is 2.65. The maximum Gasteiger partial charge on any atom is 0.341 e. The minimum absolute atomic E-state index is 0.00469. The van der Waals surface area contributed by atoms with Crippen molar-refractivity contribution in [2.24, 2.45) is 0 Å². The van der Waals surface area contributed by atoms with E-state index in [1.54, 1.807) is 6.08 Å². The average Bonchev–Trinajstić information content (AvgIpc) is 2.27. The standard InChI is InChI=1S/C11H16O4/c12-8-4-6-9-5-2-1-3-7-10(13)15-11(9)14/h6,12H,1-5,7-8H2. The van der Waals surface area contributed by atoms with Gasteiger partial charge in [-0.2, -0.15) is 0 Å². The number of rotatable bonds is 2. The fourth-order valence-electron chi connectivity index (χ4n) is 1.51. The second-order valence-corrected chi connectivity index (χ2v) is 3.56. The maximum atomic E-state index is 11.4. The molecule has 84 valence electrons. The number of hydrogen-bond donors (Lipinski definition) is 1. The number of esters is 2. The van der Waals surface area contributed by atoms with Crippen molar-refractivity contribution >= 4 is 11.9 Å². The predicted molar refractivity (Wildman–Crippen MR) is 54.0 cm³/mol. The smallest absolute Gasteiger partial charge is 0.341 e. The zero-order chi connectivity index (χ0) is 11.1. The second-order valence-electron chi connectivity index (χ2n) is 3.56. The lowest BCUT2D eigenvalue weighted by Gasteiger charge is -2.03. The van der Waals surface area contributed by atoms with Gasteiger partial charge < -0.3 is 9.84 Å². The fourth-order valence-corrected chi connectivity index (χ4v) is 1.51. The van der Waals surface area contributed by atoms with Crippen LogP contribution in [-0.4, -0.2) is 23.7 Å². The minimum Gasteiger partial charge on any atom is -0.396 e. The van der Waals surface area contributed by atoms with Crippen LogP contribution in [0.1, 0.15) is 38.5 Å². The largest absolute Gasteiger partial charge is 0.396 e. The summed E-state index contributed by atoms with van der Waals surface area (Å²) in [5.74, 6) is -0.993. The number of aliphatic hydroxyl groups is 1. The van der Waals surface area contributed by atoms with E-state index < -0.39 is 11.9 Å². The second kappa shape index (κ2) is 6.35. The summed E-state index contributed by atoms with van der Waals surface area (Å²) in [6, 6.07) is 0. The van der Waals surface area contributed by atoms with E-state index in [0.29, 0.717) is 24.8 Å². The summed E-state index contributed by atoms with van der Waals surface area (Å²) < 4.78 is 4.65. The first-order valence-corrected chi connectivity index (χ1v) is 5.29. The van der Waals surface area contributed by atoms with E-state index in [2.05, 4.69) is 4.74 Å². The molecule has 0 bridgehead atoms. The van der Waals surface area contributed by atoms with Crippen LogP contribution in [0.5, 0.6) is 0 Å². The zero-order valence-electron chi connectivity index (χ0n) is 8.70. The molecule has 1 N–H and O–H groups in total. The summed E-state index contributed by atoms with van der Waals surface area (Å²) in [5, 5.41) is 8.65. The first-order valence-electron chi connectivity index (χ1n) is 5.29. The molecule has 0 aromatic carbocycles. The van der Waals surface area contributed by atoms with Crippen LogP contribution in [0.2, 0.25) is 0 Å². The molecular weight excluding hydrogens is 196 g/mol. The van der Waals surface area contributed by atoms with Crippen LogP contribution in [0.4, 0.5) is 0 Å². The van der Waals surface area contributed by atoms with Crippen molar-refractivity contribution in [3.8, 4) is 0 Å². The lowest BCUT2D eigenvalue weighted by molar-refractivity contribution is -0.156. The lowest BCUT2D eigenvalue weighted by atomic mass is 10.1. The molecule has 0 aromatic rings. The summed E-state index contributed by atoms with van der Waals surface area (Å²) in [5.41, 5.74) is 0.513. The first-order chi connectivity index (χ1) is 7.24. The van der Waals surface area contributed by atoms with Gasteiger partial charge in [-0.05, 0) is 25.7 Å². The minimum atomic E-state index is -0.546. The molecule has 0 saturated carbocycles. The molecule has 0 atom stereocenters. The van der Waals surface area contributed by atoms with Crippen molar-refractivity contribution in [3.63, 3.8) is 0 Å². The summed E-state index contributed by atoms with van der Waals surface area (Å²) in [4.78, 5) is 22.5. The molecule has 1 saturated heterocycles. The van der Waals surface area contributed by atoms with Gasteiger partial charge in [-0.25, -0.2) is 4.79 Å². The Morgan fingerprint density at radius 2 is 1.93 bits per heavy atom. The number of aliphatic hydroxyl groups excluding tert-OH is 1. The third kappa shape index (κ3) is 4.25. The number of carbonyl (C=O) groups is 2. The molecule has 0 aliphatic carbocycles. The Morgan fingerprint density at radius 1 is 1.20 bits per heavy atom. The van der Waals surface area contributed by atoms with Gasteiger partial charge >= 0.3 is 11.9 Å². The van der Waals surface area contributed by atoms with E-state index in [4.69, 9.17) is 5.11 Å². The predicted octanol–water partition coefficient (Wildman–Crippen LogP) is 1.33. The lowest BCUT2D eigenvalue weighted by Crippen LogP contribution is -2.13. The van der Waals surface area contributed by atoms with Crippen molar-refractivity contribution in [2.45, 2.75) is 38.5 Å². The molecule has 4 nitrogen and oxygen atoms in total. The van der Waals surface area contributed by atoms with Crippen molar-refractivity contribution in [3.05, 3.63) is 11.6 Å². The molecule has 0 radical (unpaired) electrons. The summed E-state index contributed by atoms with van der Waals surface area (Å²) in [7, 11) is 0. The van der Waals surface area contributed by atoms with E-state index in [-0.39, 0.29) is 6.61 Å². The molecule has 4 heteroatoms. The fraction of sp³-hybridized carbons (Fsp3) is 0.636. The molecule has 1 aliphatic heterocycles. The molecule has 15 heavy (non-hydrogen) atoms. The van der Waals surface area contributed by atoms with E-state index in [1.165, 1.54) is 0 Å². The van der Waals surface area contributed by atoms with Crippen molar-refractivity contribution in [1.82, 2.24) is 0 Å². The van der Waals surface area contributed by atoms with Crippen LogP contribution in [0.25, 0.3) is 0 Å². The van der Waals surface area contributed by atoms with Gasteiger partial charge in [-0.15, -0.1) is 0 Å². The molecule has 0 unspecified atom stereocenters. The number of carbonyl (C=O) groups excluding carboxylic acids is 2. The normalized spacial score (nSPS) is 21.8. The van der Waals surface area contributed by atoms with Crippen molar-refractivity contribution < 1.29 is 19.4 Å². The topological polar surface area (TPSA) is 63.6 Å². The highest BCUT2D eigenvalue weighted by molar-refractivity contribution is 5.96. The van der Waals surface area contributed by atoms with Crippen LogP contribution in [0.15, 0.2) is 11.6 Å². The highest BCUT2D eigenvalue weighted by Crippen LogP contribution is 2.16. The van der Waals surface area contributed by atoms with E-state index in [9.17, 15) is 9.59 Å². The van der Waals surface area contributed by atoms with Gasteiger partial charge in [-0.1, -0.05) is 12.5 Å².